The summed E-state index contributed by atoms with van der Waals surface area (Å²) >= 11 is 0. The lowest BCUT2D eigenvalue weighted by Crippen LogP contribution is -2.38. The zero-order chi connectivity index (χ0) is 21.2. The molecular weight excluding hydrogens is 394 g/mol. The van der Waals surface area contributed by atoms with Crippen LogP contribution in [0, 0.1) is 0 Å². The summed E-state index contributed by atoms with van der Waals surface area (Å²) in [5, 5.41) is 2.81. The van der Waals surface area contributed by atoms with Crippen LogP contribution in [0.15, 0.2) is 65.3 Å². The van der Waals surface area contributed by atoms with Crippen molar-refractivity contribution in [1.82, 2.24) is 14.9 Å². The fourth-order valence-electron chi connectivity index (χ4n) is 3.69. The molecule has 0 aliphatic carbocycles. The van der Waals surface area contributed by atoms with Crippen molar-refractivity contribution in [2.45, 2.75) is 12.3 Å². The summed E-state index contributed by atoms with van der Waals surface area (Å²) in [5.74, 6) is 0.290. The molecule has 4 aliphatic heterocycles. The predicted octanol–water partition coefficient (Wildman–Crippen LogP) is 2.37. The number of rotatable bonds is 0. The molecule has 9 nitrogen and oxygen atoms in total. The molecule has 31 heavy (non-hydrogen) atoms. The lowest BCUT2D eigenvalue weighted by atomic mass is 10.0. The van der Waals surface area contributed by atoms with Crippen LogP contribution in [-0.4, -0.2) is 52.2 Å². The third-order valence-electron chi connectivity index (χ3n) is 5.25. The molecule has 1 aromatic carbocycles. The Morgan fingerprint density at radius 3 is 2.81 bits per heavy atom. The molecule has 2 aromatic rings. The fraction of sp³-hybridized carbons (Fsp3) is 0.182. The minimum absolute atomic E-state index is 0.0137. The standard InChI is InChI=1S/C22H19N7O2/c30-18-5-2-6-23-12-15-3-1-4-16(11-15)24-13-17-19-20(27-22(17)31)25-14-26-21(19)29-9-7-28(18)8-10-29/h1-4,6-7,9,11-14,17H,5,8,10H2,(H,25,26,27,31). The summed E-state index contributed by atoms with van der Waals surface area (Å²) in [6.07, 6.45) is 11.9. The lowest BCUT2D eigenvalue weighted by molar-refractivity contribution is -0.127. The first-order chi connectivity index (χ1) is 15.2. The molecule has 0 radical (unpaired) electrons. The topological polar surface area (TPSA) is 103 Å². The van der Waals surface area contributed by atoms with Crippen LogP contribution in [0.1, 0.15) is 23.5 Å². The van der Waals surface area contributed by atoms with E-state index >= 15 is 0 Å². The van der Waals surface area contributed by atoms with Gasteiger partial charge in [-0.1, -0.05) is 18.2 Å². The smallest absolute Gasteiger partial charge is 0.238 e. The number of nitrogens with one attached hydrogen (secondary N) is 1. The maximum absolute atomic E-state index is 12.7. The zero-order valence-corrected chi connectivity index (χ0v) is 16.5. The highest BCUT2D eigenvalue weighted by atomic mass is 16.2. The summed E-state index contributed by atoms with van der Waals surface area (Å²) in [7, 11) is 0. The summed E-state index contributed by atoms with van der Waals surface area (Å²) in [5.41, 5.74) is 2.25. The van der Waals surface area contributed by atoms with Gasteiger partial charge in [0.15, 0.2) is 0 Å². The summed E-state index contributed by atoms with van der Waals surface area (Å²) < 4.78 is 0. The maximum atomic E-state index is 12.7. The van der Waals surface area contributed by atoms with Crippen LogP contribution in [0.25, 0.3) is 0 Å². The first-order valence-electron chi connectivity index (χ1n) is 9.92. The van der Waals surface area contributed by atoms with Crippen LogP contribution in [0.5, 0.6) is 0 Å². The molecule has 5 heterocycles. The Kier molecular flexibility index (Phi) is 4.83. The third-order valence-corrected chi connectivity index (χ3v) is 5.25. The third kappa shape index (κ3) is 3.73. The fourth-order valence-corrected chi connectivity index (χ4v) is 3.69. The van der Waals surface area contributed by atoms with Gasteiger partial charge < -0.3 is 15.1 Å². The van der Waals surface area contributed by atoms with E-state index in [-0.39, 0.29) is 18.2 Å². The van der Waals surface area contributed by atoms with Gasteiger partial charge in [-0.2, -0.15) is 0 Å². The van der Waals surface area contributed by atoms with Crippen molar-refractivity contribution < 1.29 is 9.59 Å². The van der Waals surface area contributed by atoms with Crippen molar-refractivity contribution in [3.8, 4) is 0 Å². The van der Waals surface area contributed by atoms with Gasteiger partial charge >= 0.3 is 0 Å². The number of fused-ring (bicyclic) bond motifs is 4. The van der Waals surface area contributed by atoms with Crippen LogP contribution in [0.3, 0.4) is 0 Å². The molecule has 1 atom stereocenters. The number of benzene rings is 1. The highest BCUT2D eigenvalue weighted by Crippen LogP contribution is 2.37. The number of aliphatic imine (C=N–C) groups is 2. The molecule has 1 unspecified atom stereocenters. The first-order valence-corrected chi connectivity index (χ1v) is 9.92. The van der Waals surface area contributed by atoms with Crippen molar-refractivity contribution in [3.63, 3.8) is 0 Å². The predicted molar refractivity (Wildman–Crippen MR) is 118 cm³/mol. The average Bonchev–Trinajstić information content (AvgIpc) is 3.12. The summed E-state index contributed by atoms with van der Waals surface area (Å²) in [6, 6.07) is 7.52. The molecule has 0 spiro atoms. The van der Waals surface area contributed by atoms with Crippen LogP contribution in [-0.2, 0) is 9.59 Å². The molecule has 1 aromatic heterocycles. The SMILES string of the molecule is O=C1Nc2ncnc3c2C1C=Nc1cccc(c1)C=NC=CCC(=O)N1C=CN3CC1. The van der Waals surface area contributed by atoms with Crippen LogP contribution in [0.2, 0.25) is 0 Å². The van der Waals surface area contributed by atoms with Crippen molar-refractivity contribution >= 4 is 41.6 Å². The molecule has 2 amide bonds. The average molecular weight is 413 g/mol. The minimum Gasteiger partial charge on any atom is -0.329 e. The Balaban J connectivity index is 1.59. The van der Waals surface area contributed by atoms with Gasteiger partial charge in [0, 0.05) is 50.5 Å². The largest absolute Gasteiger partial charge is 0.329 e. The molecule has 6 rings (SSSR count). The van der Waals surface area contributed by atoms with Gasteiger partial charge in [-0.05, 0) is 17.7 Å². The van der Waals surface area contributed by atoms with Crippen LogP contribution in [0.4, 0.5) is 17.3 Å². The summed E-state index contributed by atoms with van der Waals surface area (Å²) in [4.78, 5) is 46.2. The molecule has 0 saturated heterocycles. The van der Waals surface area contributed by atoms with Gasteiger partial charge in [0.2, 0.25) is 11.8 Å². The summed E-state index contributed by atoms with van der Waals surface area (Å²) in [6.45, 7) is 1.06. The van der Waals surface area contributed by atoms with Crippen molar-refractivity contribution in [3.05, 3.63) is 66.4 Å². The Morgan fingerprint density at radius 1 is 1.06 bits per heavy atom. The monoisotopic (exact) mass is 413 g/mol. The van der Waals surface area contributed by atoms with E-state index in [1.165, 1.54) is 6.33 Å². The Morgan fingerprint density at radius 2 is 1.94 bits per heavy atom. The molecule has 1 N–H and O–H groups in total. The Labute approximate surface area is 178 Å². The zero-order valence-electron chi connectivity index (χ0n) is 16.5. The number of hydrogen-bond acceptors (Lipinski definition) is 7. The highest BCUT2D eigenvalue weighted by molar-refractivity contribution is 6.13. The molecule has 4 aliphatic rings. The molecule has 0 saturated carbocycles. The maximum Gasteiger partial charge on any atom is 0.238 e. The lowest BCUT2D eigenvalue weighted by Gasteiger charge is -2.30. The van der Waals surface area contributed by atoms with E-state index in [4.69, 9.17) is 0 Å². The van der Waals surface area contributed by atoms with Gasteiger partial charge in [0.25, 0.3) is 0 Å². The Bertz CT molecular complexity index is 1170. The van der Waals surface area contributed by atoms with Crippen LogP contribution >= 0.6 is 0 Å². The first kappa shape index (κ1) is 18.9. The number of anilines is 2. The van der Waals surface area contributed by atoms with E-state index in [1.54, 1.807) is 42.0 Å². The van der Waals surface area contributed by atoms with Gasteiger partial charge in [0.05, 0.1) is 11.3 Å². The van der Waals surface area contributed by atoms with Gasteiger partial charge in [-0.25, -0.2) is 9.97 Å². The van der Waals surface area contributed by atoms with E-state index in [0.717, 1.165) is 5.56 Å². The van der Waals surface area contributed by atoms with E-state index < -0.39 is 5.92 Å². The van der Waals surface area contributed by atoms with Gasteiger partial charge in [-0.3, -0.25) is 19.6 Å². The van der Waals surface area contributed by atoms with Gasteiger partial charge in [0.1, 0.15) is 23.9 Å². The second-order valence-electron chi connectivity index (χ2n) is 7.25. The number of amides is 2. The van der Waals surface area contributed by atoms with E-state index in [9.17, 15) is 9.59 Å². The van der Waals surface area contributed by atoms with Crippen molar-refractivity contribution in [2.24, 2.45) is 9.98 Å². The number of carbonyl (C=O) groups is 2. The van der Waals surface area contributed by atoms with E-state index in [0.29, 0.717) is 36.0 Å². The number of hydrogen-bond donors (Lipinski definition) is 1. The number of carbonyl (C=O) groups excluding carboxylic acids is 2. The van der Waals surface area contributed by atoms with Gasteiger partial charge in [-0.15, -0.1) is 0 Å². The molecule has 154 valence electrons. The quantitative estimate of drug-likeness (QED) is 0.714. The minimum atomic E-state index is -0.613. The van der Waals surface area contributed by atoms with E-state index in [2.05, 4.69) is 25.3 Å². The van der Waals surface area contributed by atoms with Crippen LogP contribution < -0.4 is 10.2 Å². The second kappa shape index (κ2) is 7.94. The number of aromatic nitrogens is 2. The number of nitrogens with zero attached hydrogens (tertiary/aromatic N) is 6. The van der Waals surface area contributed by atoms with Crippen molar-refractivity contribution in [1.29, 1.82) is 0 Å². The molecule has 0 fully saturated rings. The molecule has 4 bridgehead atoms. The normalized spacial score (nSPS) is 19.9. The Hall–Kier alpha value is -4.14. The second-order valence-corrected chi connectivity index (χ2v) is 7.25. The highest BCUT2D eigenvalue weighted by Gasteiger charge is 2.35. The van der Waals surface area contributed by atoms with E-state index in [1.807, 2.05) is 29.2 Å². The van der Waals surface area contributed by atoms with Crippen molar-refractivity contribution in [2.75, 3.05) is 23.3 Å². The molecule has 9 heteroatoms. The molecular formula is C22H19N7O2.